The zero-order valence-corrected chi connectivity index (χ0v) is 14.9. The van der Waals surface area contributed by atoms with Crippen LogP contribution in [0.15, 0.2) is 48.5 Å². The summed E-state index contributed by atoms with van der Waals surface area (Å²) in [6.07, 6.45) is 0. The molecule has 0 heterocycles. The van der Waals surface area contributed by atoms with E-state index in [0.717, 1.165) is 6.07 Å². The van der Waals surface area contributed by atoms with Crippen LogP contribution in [0.1, 0.15) is 24.2 Å². The smallest absolute Gasteiger partial charge is 0.340 e. The molecule has 0 atom stereocenters. The monoisotopic (exact) mass is 373 g/mol. The first-order chi connectivity index (χ1) is 12.8. The number of amides is 3. The molecule has 0 saturated heterocycles. The van der Waals surface area contributed by atoms with E-state index in [4.69, 9.17) is 4.74 Å². The van der Waals surface area contributed by atoms with E-state index in [2.05, 4.69) is 16.0 Å². The number of halogens is 1. The summed E-state index contributed by atoms with van der Waals surface area (Å²) in [5.41, 5.74) is 0.615. The SMILES string of the molecule is CC(C)NC(=O)Nc1ccccc1C(=O)OCC(=O)Nc1cccc(F)c1. The number of urea groups is 1. The van der Waals surface area contributed by atoms with E-state index in [9.17, 15) is 18.8 Å². The van der Waals surface area contributed by atoms with E-state index >= 15 is 0 Å². The van der Waals surface area contributed by atoms with Gasteiger partial charge in [0.1, 0.15) is 5.82 Å². The van der Waals surface area contributed by atoms with Crippen LogP contribution < -0.4 is 16.0 Å². The second-order valence-electron chi connectivity index (χ2n) is 5.93. The van der Waals surface area contributed by atoms with E-state index in [1.807, 2.05) is 0 Å². The van der Waals surface area contributed by atoms with Gasteiger partial charge in [0, 0.05) is 11.7 Å². The van der Waals surface area contributed by atoms with Crippen molar-refractivity contribution in [3.05, 3.63) is 59.9 Å². The number of hydrogen-bond donors (Lipinski definition) is 3. The third-order valence-corrected chi connectivity index (χ3v) is 3.26. The molecule has 27 heavy (non-hydrogen) atoms. The molecule has 0 aliphatic carbocycles. The molecular weight excluding hydrogens is 353 g/mol. The van der Waals surface area contributed by atoms with E-state index in [1.54, 1.807) is 32.0 Å². The average molecular weight is 373 g/mol. The normalized spacial score (nSPS) is 10.2. The van der Waals surface area contributed by atoms with E-state index in [0.29, 0.717) is 0 Å². The maximum Gasteiger partial charge on any atom is 0.340 e. The fraction of sp³-hybridized carbons (Fsp3) is 0.211. The molecule has 2 rings (SSSR count). The molecule has 2 aromatic carbocycles. The van der Waals surface area contributed by atoms with Crippen molar-refractivity contribution >= 4 is 29.3 Å². The Morgan fingerprint density at radius 1 is 1.04 bits per heavy atom. The molecule has 0 spiro atoms. The minimum atomic E-state index is -0.773. The van der Waals surface area contributed by atoms with Gasteiger partial charge in [0.2, 0.25) is 0 Å². The molecule has 0 aliphatic heterocycles. The Labute approximate surface area is 155 Å². The maximum atomic E-state index is 13.1. The average Bonchev–Trinajstić information content (AvgIpc) is 2.59. The molecule has 0 aromatic heterocycles. The van der Waals surface area contributed by atoms with Crippen molar-refractivity contribution < 1.29 is 23.5 Å². The Balaban J connectivity index is 1.95. The summed E-state index contributed by atoms with van der Waals surface area (Å²) in [5, 5.41) is 7.63. The molecule has 0 bridgehead atoms. The van der Waals surface area contributed by atoms with Gasteiger partial charge in [0.15, 0.2) is 6.61 Å². The number of carbonyl (C=O) groups excluding carboxylic acids is 3. The predicted molar refractivity (Wildman–Crippen MR) is 99.0 cm³/mol. The molecule has 142 valence electrons. The fourth-order valence-corrected chi connectivity index (χ4v) is 2.16. The second-order valence-corrected chi connectivity index (χ2v) is 5.93. The number of benzene rings is 2. The summed E-state index contributed by atoms with van der Waals surface area (Å²) < 4.78 is 18.1. The number of nitrogens with one attached hydrogen (secondary N) is 3. The third kappa shape index (κ3) is 6.43. The lowest BCUT2D eigenvalue weighted by Crippen LogP contribution is -2.34. The van der Waals surface area contributed by atoms with E-state index < -0.39 is 30.3 Å². The first-order valence-electron chi connectivity index (χ1n) is 8.24. The van der Waals surface area contributed by atoms with Crippen LogP contribution in [-0.2, 0) is 9.53 Å². The Hall–Kier alpha value is -3.42. The predicted octanol–water partition coefficient (Wildman–Crippen LogP) is 3.15. The third-order valence-electron chi connectivity index (χ3n) is 3.26. The second kappa shape index (κ2) is 9.33. The Morgan fingerprint density at radius 3 is 2.48 bits per heavy atom. The largest absolute Gasteiger partial charge is 0.452 e. The summed E-state index contributed by atoms with van der Waals surface area (Å²) >= 11 is 0. The number of ether oxygens (including phenoxy) is 1. The topological polar surface area (TPSA) is 96.5 Å². The molecule has 3 N–H and O–H groups in total. The van der Waals surface area contributed by atoms with Gasteiger partial charge in [-0.25, -0.2) is 14.0 Å². The Bertz CT molecular complexity index is 839. The Morgan fingerprint density at radius 2 is 1.78 bits per heavy atom. The van der Waals surface area contributed by atoms with Crippen LogP contribution in [-0.4, -0.2) is 30.6 Å². The zero-order valence-electron chi connectivity index (χ0n) is 14.9. The van der Waals surface area contributed by atoms with Crippen molar-refractivity contribution in [2.45, 2.75) is 19.9 Å². The maximum absolute atomic E-state index is 13.1. The molecule has 0 unspecified atom stereocenters. The highest BCUT2D eigenvalue weighted by Gasteiger charge is 2.16. The van der Waals surface area contributed by atoms with Crippen molar-refractivity contribution in [2.24, 2.45) is 0 Å². The first kappa shape index (κ1) is 19.9. The lowest BCUT2D eigenvalue weighted by molar-refractivity contribution is -0.119. The van der Waals surface area contributed by atoms with Crippen LogP contribution in [0, 0.1) is 5.82 Å². The van der Waals surface area contributed by atoms with Crippen molar-refractivity contribution in [1.82, 2.24) is 5.32 Å². The summed E-state index contributed by atoms with van der Waals surface area (Å²) in [6.45, 7) is 3.05. The molecule has 7 nitrogen and oxygen atoms in total. The Kier molecular flexibility index (Phi) is 6.87. The van der Waals surface area contributed by atoms with Crippen molar-refractivity contribution in [3.63, 3.8) is 0 Å². The highest BCUT2D eigenvalue weighted by Crippen LogP contribution is 2.16. The molecule has 3 amide bonds. The van der Waals surface area contributed by atoms with Gasteiger partial charge < -0.3 is 20.7 Å². The van der Waals surface area contributed by atoms with Gasteiger partial charge in [0.05, 0.1) is 11.3 Å². The van der Waals surface area contributed by atoms with E-state index in [1.165, 1.54) is 24.3 Å². The lowest BCUT2D eigenvalue weighted by Gasteiger charge is -2.13. The number of carbonyl (C=O) groups is 3. The lowest BCUT2D eigenvalue weighted by atomic mass is 10.2. The van der Waals surface area contributed by atoms with Gasteiger partial charge in [-0.3, -0.25) is 4.79 Å². The summed E-state index contributed by atoms with van der Waals surface area (Å²) in [4.78, 5) is 35.9. The van der Waals surface area contributed by atoms with Gasteiger partial charge >= 0.3 is 12.0 Å². The molecule has 0 fully saturated rings. The van der Waals surface area contributed by atoms with Crippen LogP contribution in [0.4, 0.5) is 20.6 Å². The molecular formula is C19H20FN3O4. The van der Waals surface area contributed by atoms with E-state index in [-0.39, 0.29) is 23.0 Å². The summed E-state index contributed by atoms with van der Waals surface area (Å²) in [5.74, 6) is -1.88. The number of esters is 1. The highest BCUT2D eigenvalue weighted by atomic mass is 19.1. The molecule has 0 saturated carbocycles. The molecule has 2 aromatic rings. The van der Waals surface area contributed by atoms with Crippen LogP contribution >= 0.6 is 0 Å². The summed E-state index contributed by atoms with van der Waals surface area (Å²) in [6, 6.07) is 11.1. The van der Waals surface area contributed by atoms with Crippen LogP contribution in [0.5, 0.6) is 0 Å². The molecule has 0 aliphatic rings. The summed E-state index contributed by atoms with van der Waals surface area (Å²) in [7, 11) is 0. The van der Waals surface area contributed by atoms with Crippen LogP contribution in [0.2, 0.25) is 0 Å². The quantitative estimate of drug-likeness (QED) is 0.678. The fourth-order valence-electron chi connectivity index (χ4n) is 2.16. The number of anilines is 2. The number of hydrogen-bond acceptors (Lipinski definition) is 4. The van der Waals surface area contributed by atoms with Gasteiger partial charge in [-0.15, -0.1) is 0 Å². The highest BCUT2D eigenvalue weighted by molar-refractivity contribution is 6.02. The van der Waals surface area contributed by atoms with Crippen molar-refractivity contribution in [1.29, 1.82) is 0 Å². The molecule has 0 radical (unpaired) electrons. The van der Waals surface area contributed by atoms with Crippen LogP contribution in [0.3, 0.4) is 0 Å². The van der Waals surface area contributed by atoms with Gasteiger partial charge in [-0.1, -0.05) is 18.2 Å². The van der Waals surface area contributed by atoms with Crippen molar-refractivity contribution in [3.8, 4) is 0 Å². The number of rotatable bonds is 6. The molecule has 8 heteroatoms. The minimum Gasteiger partial charge on any atom is -0.452 e. The standard InChI is InChI=1S/C19H20FN3O4/c1-12(2)21-19(26)23-16-9-4-3-8-15(16)18(25)27-11-17(24)22-14-7-5-6-13(20)10-14/h3-10,12H,11H2,1-2H3,(H,22,24)(H2,21,23,26). The zero-order chi connectivity index (χ0) is 19.8. The van der Waals surface area contributed by atoms with Crippen LogP contribution in [0.25, 0.3) is 0 Å². The number of para-hydroxylation sites is 1. The van der Waals surface area contributed by atoms with Crippen molar-refractivity contribution in [2.75, 3.05) is 17.2 Å². The van der Waals surface area contributed by atoms with Gasteiger partial charge in [0.25, 0.3) is 5.91 Å². The van der Waals surface area contributed by atoms with Gasteiger partial charge in [-0.05, 0) is 44.2 Å². The minimum absolute atomic E-state index is 0.0735. The van der Waals surface area contributed by atoms with Gasteiger partial charge in [-0.2, -0.15) is 0 Å². The first-order valence-corrected chi connectivity index (χ1v) is 8.24.